The number of ketones is 1. The van der Waals surface area contributed by atoms with Gasteiger partial charge in [-0.1, -0.05) is 23.2 Å². The van der Waals surface area contributed by atoms with Crippen LogP contribution >= 0.6 is 23.2 Å². The highest BCUT2D eigenvalue weighted by Crippen LogP contribution is 2.35. The maximum Gasteiger partial charge on any atom is 0.378 e. The van der Waals surface area contributed by atoms with Gasteiger partial charge in [-0.15, -0.1) is 0 Å². The standard InChI is InChI=1S/C13H12Cl2O5/c1-3-20-12-8(14)4-7(5-9(12)15)10(16)6-11(17)13(18)19-2/h4-6,16H,3H2,1-2H3/b10-6-. The molecule has 0 aliphatic carbocycles. The van der Waals surface area contributed by atoms with Crippen molar-refractivity contribution in [1.29, 1.82) is 0 Å². The largest absolute Gasteiger partial charge is 0.507 e. The van der Waals surface area contributed by atoms with E-state index in [-0.39, 0.29) is 21.4 Å². The number of methoxy groups -OCH3 is 1. The summed E-state index contributed by atoms with van der Waals surface area (Å²) in [4.78, 5) is 22.2. The van der Waals surface area contributed by atoms with Gasteiger partial charge in [0.2, 0.25) is 0 Å². The molecule has 0 radical (unpaired) electrons. The number of halogens is 2. The number of ether oxygens (including phenoxy) is 2. The number of benzene rings is 1. The SMILES string of the molecule is CCOc1c(Cl)cc(/C(O)=C/C(=O)C(=O)OC)cc1Cl. The lowest BCUT2D eigenvalue weighted by molar-refractivity contribution is -0.149. The Morgan fingerprint density at radius 3 is 2.30 bits per heavy atom. The third kappa shape index (κ3) is 3.88. The molecule has 5 nitrogen and oxygen atoms in total. The Hall–Kier alpha value is -1.72. The molecule has 0 saturated carbocycles. The topological polar surface area (TPSA) is 72.8 Å². The Morgan fingerprint density at radius 2 is 1.85 bits per heavy atom. The average molecular weight is 319 g/mol. The van der Waals surface area contributed by atoms with E-state index in [2.05, 4.69) is 4.74 Å². The fourth-order valence-electron chi connectivity index (χ4n) is 1.36. The molecule has 0 aliphatic rings. The molecule has 0 unspecified atom stereocenters. The quantitative estimate of drug-likeness (QED) is 0.391. The van der Waals surface area contributed by atoms with Gasteiger partial charge in [0.25, 0.3) is 5.78 Å². The molecule has 0 bridgehead atoms. The number of carbonyl (C=O) groups is 2. The van der Waals surface area contributed by atoms with Crippen LogP contribution in [0.15, 0.2) is 18.2 Å². The fraction of sp³-hybridized carbons (Fsp3) is 0.231. The minimum atomic E-state index is -1.08. The minimum absolute atomic E-state index is 0.180. The lowest BCUT2D eigenvalue weighted by Gasteiger charge is -2.10. The number of esters is 1. The normalized spacial score (nSPS) is 11.1. The van der Waals surface area contributed by atoms with Crippen molar-refractivity contribution < 1.29 is 24.2 Å². The van der Waals surface area contributed by atoms with E-state index >= 15 is 0 Å². The van der Waals surface area contributed by atoms with Crippen LogP contribution < -0.4 is 4.74 Å². The summed E-state index contributed by atoms with van der Waals surface area (Å²) in [6.07, 6.45) is 0.730. The van der Waals surface area contributed by atoms with Crippen molar-refractivity contribution in [2.75, 3.05) is 13.7 Å². The molecular weight excluding hydrogens is 307 g/mol. The summed E-state index contributed by atoms with van der Waals surface area (Å²) in [5.41, 5.74) is 0.181. The second-order valence-electron chi connectivity index (χ2n) is 3.59. The van der Waals surface area contributed by atoms with Crippen LogP contribution in [-0.2, 0) is 14.3 Å². The van der Waals surface area contributed by atoms with Gasteiger partial charge in [-0.05, 0) is 19.1 Å². The molecule has 0 saturated heterocycles. The molecule has 20 heavy (non-hydrogen) atoms. The van der Waals surface area contributed by atoms with E-state index in [1.54, 1.807) is 6.92 Å². The zero-order valence-corrected chi connectivity index (χ0v) is 12.3. The van der Waals surface area contributed by atoms with Gasteiger partial charge in [-0.3, -0.25) is 4.79 Å². The number of carbonyl (C=O) groups excluding carboxylic acids is 2. The molecule has 1 aromatic carbocycles. The Kier molecular flexibility index (Phi) is 5.85. The smallest absolute Gasteiger partial charge is 0.378 e. The highest BCUT2D eigenvalue weighted by atomic mass is 35.5. The van der Waals surface area contributed by atoms with Crippen LogP contribution in [0.25, 0.3) is 5.76 Å². The molecule has 0 fully saturated rings. The highest BCUT2D eigenvalue weighted by molar-refractivity contribution is 6.39. The van der Waals surface area contributed by atoms with E-state index in [9.17, 15) is 14.7 Å². The van der Waals surface area contributed by atoms with Crippen molar-refractivity contribution in [2.24, 2.45) is 0 Å². The summed E-state index contributed by atoms with van der Waals surface area (Å²) in [5, 5.41) is 10.1. The number of rotatable bonds is 5. The van der Waals surface area contributed by atoms with E-state index in [1.807, 2.05) is 0 Å². The zero-order valence-electron chi connectivity index (χ0n) is 10.8. The van der Waals surface area contributed by atoms with Crippen molar-refractivity contribution in [3.63, 3.8) is 0 Å². The zero-order chi connectivity index (χ0) is 15.3. The van der Waals surface area contributed by atoms with Gasteiger partial charge in [0.1, 0.15) is 5.76 Å². The van der Waals surface area contributed by atoms with Crippen LogP contribution in [0.1, 0.15) is 12.5 Å². The first-order chi connectivity index (χ1) is 9.40. The first-order valence-corrected chi connectivity index (χ1v) is 6.31. The lowest BCUT2D eigenvalue weighted by atomic mass is 10.1. The third-order valence-corrected chi connectivity index (χ3v) is 2.80. The van der Waals surface area contributed by atoms with Crippen LogP contribution in [0.3, 0.4) is 0 Å². The molecule has 7 heteroatoms. The van der Waals surface area contributed by atoms with Gasteiger partial charge in [0.05, 0.1) is 23.8 Å². The molecule has 0 atom stereocenters. The Morgan fingerprint density at radius 1 is 1.30 bits per heavy atom. The second-order valence-corrected chi connectivity index (χ2v) is 4.40. The van der Waals surface area contributed by atoms with Gasteiger partial charge in [-0.25, -0.2) is 4.79 Å². The van der Waals surface area contributed by atoms with Crippen LogP contribution in [0.5, 0.6) is 5.75 Å². The van der Waals surface area contributed by atoms with Crippen LogP contribution in [-0.4, -0.2) is 30.6 Å². The molecule has 108 valence electrons. The maximum absolute atomic E-state index is 11.3. The monoisotopic (exact) mass is 318 g/mol. The van der Waals surface area contributed by atoms with E-state index in [0.717, 1.165) is 13.2 Å². The molecule has 0 amide bonds. The van der Waals surface area contributed by atoms with Crippen LogP contribution in [0.2, 0.25) is 10.0 Å². The average Bonchev–Trinajstić information content (AvgIpc) is 2.41. The highest BCUT2D eigenvalue weighted by Gasteiger charge is 2.15. The molecule has 0 spiro atoms. The van der Waals surface area contributed by atoms with E-state index < -0.39 is 17.5 Å². The summed E-state index contributed by atoms with van der Waals surface area (Å²) in [6, 6.07) is 2.74. The lowest BCUT2D eigenvalue weighted by Crippen LogP contribution is -2.13. The molecule has 0 aromatic heterocycles. The van der Waals surface area contributed by atoms with E-state index in [4.69, 9.17) is 27.9 Å². The summed E-state index contributed by atoms with van der Waals surface area (Å²) in [6.45, 7) is 2.15. The molecule has 1 rings (SSSR count). The fourth-order valence-corrected chi connectivity index (χ4v) is 1.95. The Balaban J connectivity index is 3.12. The summed E-state index contributed by atoms with van der Waals surface area (Å²) < 4.78 is 9.46. The first kappa shape index (κ1) is 16.3. The second kappa shape index (κ2) is 7.17. The molecular formula is C13H12Cl2O5. The number of hydrogen-bond donors (Lipinski definition) is 1. The van der Waals surface area contributed by atoms with Gasteiger partial charge in [-0.2, -0.15) is 0 Å². The van der Waals surface area contributed by atoms with Crippen LogP contribution in [0, 0.1) is 0 Å². The van der Waals surface area contributed by atoms with E-state index in [0.29, 0.717) is 6.61 Å². The van der Waals surface area contributed by atoms with Crippen molar-refractivity contribution >= 4 is 40.7 Å². The molecule has 1 aromatic rings. The minimum Gasteiger partial charge on any atom is -0.507 e. The van der Waals surface area contributed by atoms with Gasteiger partial charge < -0.3 is 14.6 Å². The molecule has 1 N–H and O–H groups in total. The summed E-state index contributed by atoms with van der Waals surface area (Å²) in [5.74, 6) is -2.25. The molecule has 0 aliphatic heterocycles. The summed E-state index contributed by atoms with van der Waals surface area (Å²) in [7, 11) is 1.07. The predicted octanol–water partition coefficient (Wildman–Crippen LogP) is 3.03. The van der Waals surface area contributed by atoms with Crippen molar-refractivity contribution in [1.82, 2.24) is 0 Å². The summed E-state index contributed by atoms with van der Waals surface area (Å²) >= 11 is 11.9. The van der Waals surface area contributed by atoms with Crippen molar-refractivity contribution in [2.45, 2.75) is 6.92 Å². The number of hydrogen-bond acceptors (Lipinski definition) is 5. The van der Waals surface area contributed by atoms with Gasteiger partial charge in [0.15, 0.2) is 5.75 Å². The number of aliphatic hydroxyl groups excluding tert-OH is 1. The molecule has 0 heterocycles. The third-order valence-electron chi connectivity index (χ3n) is 2.24. The van der Waals surface area contributed by atoms with E-state index in [1.165, 1.54) is 12.1 Å². The maximum atomic E-state index is 11.3. The van der Waals surface area contributed by atoms with Crippen molar-refractivity contribution in [3.05, 3.63) is 33.8 Å². The number of aliphatic hydroxyl groups is 1. The van der Waals surface area contributed by atoms with Crippen LogP contribution in [0.4, 0.5) is 0 Å². The first-order valence-electron chi connectivity index (χ1n) is 5.55. The Bertz CT molecular complexity index is 543. The van der Waals surface area contributed by atoms with Gasteiger partial charge >= 0.3 is 5.97 Å². The predicted molar refractivity (Wildman–Crippen MR) is 75.3 cm³/mol. The van der Waals surface area contributed by atoms with Crippen molar-refractivity contribution in [3.8, 4) is 5.75 Å². The Labute approximate surface area is 125 Å². The van der Waals surface area contributed by atoms with Gasteiger partial charge in [0, 0.05) is 11.6 Å².